The highest BCUT2D eigenvalue weighted by Gasteiger charge is 2.21. The molecule has 0 aliphatic carbocycles. The quantitative estimate of drug-likeness (QED) is 0.880. The van der Waals surface area contributed by atoms with Gasteiger partial charge in [-0.25, -0.2) is 0 Å². The second-order valence-corrected chi connectivity index (χ2v) is 6.44. The van der Waals surface area contributed by atoms with Crippen LogP contribution in [0.15, 0.2) is 36.5 Å². The van der Waals surface area contributed by atoms with Crippen molar-refractivity contribution in [3.63, 3.8) is 0 Å². The van der Waals surface area contributed by atoms with Crippen LogP contribution < -0.4 is 5.32 Å². The first-order valence-electron chi connectivity index (χ1n) is 7.28. The van der Waals surface area contributed by atoms with Gasteiger partial charge in [-0.3, -0.25) is 4.79 Å². The molecule has 118 valence electrons. The Morgan fingerprint density at radius 1 is 1.27 bits per heavy atom. The summed E-state index contributed by atoms with van der Waals surface area (Å²) in [6.45, 7) is 5.72. The fraction of sp³-hybridized carbons (Fsp3) is 0.438. The summed E-state index contributed by atoms with van der Waals surface area (Å²) in [5.74, 6) is -0.200. The number of rotatable bonds is 6. The predicted octanol–water partition coefficient (Wildman–Crippen LogP) is 1.58. The molecular formula is C16H23N5O. The van der Waals surface area contributed by atoms with Crippen molar-refractivity contribution in [3.8, 4) is 5.69 Å². The van der Waals surface area contributed by atoms with Crippen LogP contribution in [0.2, 0.25) is 0 Å². The third kappa shape index (κ3) is 4.39. The first kappa shape index (κ1) is 16.2. The van der Waals surface area contributed by atoms with Gasteiger partial charge < -0.3 is 10.2 Å². The van der Waals surface area contributed by atoms with Gasteiger partial charge in [0.2, 0.25) is 0 Å². The molecule has 6 heteroatoms. The van der Waals surface area contributed by atoms with E-state index in [4.69, 9.17) is 0 Å². The molecule has 0 aliphatic heterocycles. The molecular weight excluding hydrogens is 278 g/mol. The zero-order chi connectivity index (χ0) is 16.2. The van der Waals surface area contributed by atoms with E-state index >= 15 is 0 Å². The summed E-state index contributed by atoms with van der Waals surface area (Å²) >= 11 is 0. The Morgan fingerprint density at radius 3 is 2.59 bits per heavy atom. The third-order valence-corrected chi connectivity index (χ3v) is 3.18. The number of hydrogen-bond acceptors (Lipinski definition) is 4. The minimum atomic E-state index is -0.200. The van der Waals surface area contributed by atoms with E-state index in [1.165, 1.54) is 11.0 Å². The number of carbonyl (C=O) groups is 1. The number of nitrogens with zero attached hydrogens (tertiary/aromatic N) is 4. The van der Waals surface area contributed by atoms with E-state index in [2.05, 4.69) is 34.3 Å². The summed E-state index contributed by atoms with van der Waals surface area (Å²) in [4.78, 5) is 15.7. The van der Waals surface area contributed by atoms with Crippen molar-refractivity contribution in [2.45, 2.75) is 13.8 Å². The highest BCUT2D eigenvalue weighted by molar-refractivity contribution is 5.91. The number of aromatic nitrogens is 3. The lowest BCUT2D eigenvalue weighted by Crippen LogP contribution is -2.40. The summed E-state index contributed by atoms with van der Waals surface area (Å²) in [5, 5.41) is 11.3. The Kier molecular flexibility index (Phi) is 4.92. The van der Waals surface area contributed by atoms with Gasteiger partial charge in [-0.1, -0.05) is 32.0 Å². The van der Waals surface area contributed by atoms with E-state index in [-0.39, 0.29) is 11.3 Å². The first-order chi connectivity index (χ1) is 10.4. The van der Waals surface area contributed by atoms with Crippen molar-refractivity contribution in [3.05, 3.63) is 42.2 Å². The maximum atomic E-state index is 12.2. The SMILES string of the molecule is CN(C)CC(C)(C)CNC(=O)c1cnn(-c2ccccc2)n1. The number of hydrogen-bond donors (Lipinski definition) is 1. The number of nitrogens with one attached hydrogen (secondary N) is 1. The second-order valence-electron chi connectivity index (χ2n) is 6.44. The molecule has 0 fully saturated rings. The summed E-state index contributed by atoms with van der Waals surface area (Å²) in [7, 11) is 4.05. The molecule has 1 aromatic heterocycles. The van der Waals surface area contributed by atoms with Crippen LogP contribution in [0, 0.1) is 5.41 Å². The molecule has 0 bridgehead atoms. The topological polar surface area (TPSA) is 63.1 Å². The second kappa shape index (κ2) is 6.70. The van der Waals surface area contributed by atoms with Crippen LogP contribution in [0.1, 0.15) is 24.3 Å². The van der Waals surface area contributed by atoms with Gasteiger partial charge in [0, 0.05) is 13.1 Å². The van der Waals surface area contributed by atoms with Crippen molar-refractivity contribution in [1.82, 2.24) is 25.2 Å². The van der Waals surface area contributed by atoms with Crippen molar-refractivity contribution in [1.29, 1.82) is 0 Å². The molecule has 22 heavy (non-hydrogen) atoms. The standard InChI is InChI=1S/C16H23N5O/c1-16(2,12-20(3)4)11-17-15(22)14-10-18-21(19-14)13-8-6-5-7-9-13/h5-10H,11-12H2,1-4H3,(H,17,22). The number of carbonyl (C=O) groups excluding carboxylic acids is 1. The Morgan fingerprint density at radius 2 is 1.95 bits per heavy atom. The molecule has 2 aromatic rings. The molecule has 0 saturated carbocycles. The Labute approximate surface area is 131 Å². The van der Waals surface area contributed by atoms with Crippen LogP contribution >= 0.6 is 0 Å². The first-order valence-corrected chi connectivity index (χ1v) is 7.28. The Balaban J connectivity index is 1.98. The summed E-state index contributed by atoms with van der Waals surface area (Å²) in [6, 6.07) is 9.52. The zero-order valence-electron chi connectivity index (χ0n) is 13.6. The smallest absolute Gasteiger partial charge is 0.273 e. The average Bonchev–Trinajstić information content (AvgIpc) is 2.94. The van der Waals surface area contributed by atoms with Crippen molar-refractivity contribution >= 4 is 5.91 Å². The monoisotopic (exact) mass is 301 g/mol. The van der Waals surface area contributed by atoms with Crippen LogP contribution in [-0.2, 0) is 0 Å². The van der Waals surface area contributed by atoms with Crippen LogP contribution in [0.4, 0.5) is 0 Å². The maximum absolute atomic E-state index is 12.2. The number of amides is 1. The minimum Gasteiger partial charge on any atom is -0.350 e. The third-order valence-electron chi connectivity index (χ3n) is 3.18. The lowest BCUT2D eigenvalue weighted by atomic mass is 9.93. The van der Waals surface area contributed by atoms with Gasteiger partial charge in [0.05, 0.1) is 11.9 Å². The molecule has 0 aliphatic rings. The van der Waals surface area contributed by atoms with Gasteiger partial charge in [-0.05, 0) is 31.6 Å². The summed E-state index contributed by atoms with van der Waals surface area (Å²) < 4.78 is 0. The van der Waals surface area contributed by atoms with E-state index in [0.29, 0.717) is 12.2 Å². The van der Waals surface area contributed by atoms with Gasteiger partial charge in [0.1, 0.15) is 0 Å². The van der Waals surface area contributed by atoms with Gasteiger partial charge >= 0.3 is 0 Å². The molecule has 0 unspecified atom stereocenters. The molecule has 6 nitrogen and oxygen atoms in total. The van der Waals surface area contributed by atoms with Gasteiger partial charge in [0.15, 0.2) is 5.69 Å². The maximum Gasteiger partial charge on any atom is 0.273 e. The van der Waals surface area contributed by atoms with Gasteiger partial charge in [-0.15, -0.1) is 5.10 Å². The van der Waals surface area contributed by atoms with E-state index in [0.717, 1.165) is 12.2 Å². The molecule has 1 N–H and O–H groups in total. The van der Waals surface area contributed by atoms with Crippen LogP contribution in [-0.4, -0.2) is 53.0 Å². The molecule has 0 saturated heterocycles. The van der Waals surface area contributed by atoms with Gasteiger partial charge in [-0.2, -0.15) is 9.90 Å². The summed E-state index contributed by atoms with van der Waals surface area (Å²) in [5.41, 5.74) is 1.15. The highest BCUT2D eigenvalue weighted by atomic mass is 16.2. The lowest BCUT2D eigenvalue weighted by Gasteiger charge is -2.28. The van der Waals surface area contributed by atoms with E-state index in [1.807, 2.05) is 44.4 Å². The highest BCUT2D eigenvalue weighted by Crippen LogP contribution is 2.14. The lowest BCUT2D eigenvalue weighted by molar-refractivity contribution is 0.0924. The van der Waals surface area contributed by atoms with E-state index < -0.39 is 0 Å². The van der Waals surface area contributed by atoms with Crippen LogP contribution in [0.3, 0.4) is 0 Å². The van der Waals surface area contributed by atoms with Crippen molar-refractivity contribution in [2.24, 2.45) is 5.41 Å². The number of benzene rings is 1. The Hall–Kier alpha value is -2.21. The molecule has 0 radical (unpaired) electrons. The Bertz CT molecular complexity index is 618. The number of para-hydroxylation sites is 1. The molecule has 1 aromatic carbocycles. The molecule has 1 heterocycles. The van der Waals surface area contributed by atoms with Crippen molar-refractivity contribution < 1.29 is 4.79 Å². The fourth-order valence-electron chi connectivity index (χ4n) is 2.37. The van der Waals surface area contributed by atoms with Crippen LogP contribution in [0.25, 0.3) is 5.69 Å². The zero-order valence-corrected chi connectivity index (χ0v) is 13.6. The van der Waals surface area contributed by atoms with Crippen molar-refractivity contribution in [2.75, 3.05) is 27.2 Å². The van der Waals surface area contributed by atoms with Gasteiger partial charge in [0.25, 0.3) is 5.91 Å². The van der Waals surface area contributed by atoms with Crippen LogP contribution in [0.5, 0.6) is 0 Å². The average molecular weight is 301 g/mol. The minimum absolute atomic E-state index is 0.00537. The van der Waals surface area contributed by atoms with E-state index in [1.54, 1.807) is 0 Å². The normalized spacial score (nSPS) is 11.7. The molecule has 0 spiro atoms. The predicted molar refractivity (Wildman–Crippen MR) is 86.0 cm³/mol. The molecule has 1 amide bonds. The molecule has 0 atom stereocenters. The summed E-state index contributed by atoms with van der Waals surface area (Å²) in [6.07, 6.45) is 1.49. The van der Waals surface area contributed by atoms with E-state index in [9.17, 15) is 4.79 Å². The molecule has 2 rings (SSSR count). The largest absolute Gasteiger partial charge is 0.350 e. The fourth-order valence-corrected chi connectivity index (χ4v) is 2.37.